The van der Waals surface area contributed by atoms with Crippen molar-refractivity contribution >= 4 is 21.9 Å². The van der Waals surface area contributed by atoms with Crippen molar-refractivity contribution < 1.29 is 35.9 Å². The minimum Gasteiger partial charge on any atom is -0.456 e. The van der Waals surface area contributed by atoms with Crippen LogP contribution in [0, 0.1) is 11.8 Å². The van der Waals surface area contributed by atoms with Gasteiger partial charge in [-0.1, -0.05) is 32.8 Å². The smallest absolute Gasteiger partial charge is 0.416 e. The fraction of sp³-hybridized carbons (Fsp3) is 0.600. The number of sulfonamides is 1. The summed E-state index contributed by atoms with van der Waals surface area (Å²) in [6.45, 7) is 3.34. The topological polar surface area (TPSA) is 102 Å². The van der Waals surface area contributed by atoms with E-state index in [0.717, 1.165) is 37.5 Å². The fourth-order valence-electron chi connectivity index (χ4n) is 3.46. The maximum atomic E-state index is 12.7. The molecule has 11 heteroatoms. The van der Waals surface area contributed by atoms with E-state index in [1.807, 2.05) is 0 Å². The number of amides is 1. The Hall–Kier alpha value is -2.14. The van der Waals surface area contributed by atoms with Crippen molar-refractivity contribution in [2.75, 3.05) is 13.2 Å². The van der Waals surface area contributed by atoms with Crippen LogP contribution in [0.15, 0.2) is 29.2 Å². The van der Waals surface area contributed by atoms with Gasteiger partial charge in [-0.15, -0.1) is 0 Å². The zero-order valence-electron chi connectivity index (χ0n) is 17.4. The molecule has 1 aromatic rings. The molecular formula is C20H27F3N2O5S. The zero-order valence-corrected chi connectivity index (χ0v) is 18.2. The van der Waals surface area contributed by atoms with E-state index in [0.29, 0.717) is 17.9 Å². The number of esters is 1. The van der Waals surface area contributed by atoms with Gasteiger partial charge in [0.05, 0.1) is 16.9 Å². The average Bonchev–Trinajstić information content (AvgIpc) is 2.69. The molecule has 7 nitrogen and oxygen atoms in total. The third kappa shape index (κ3) is 7.49. The molecule has 0 aromatic heterocycles. The van der Waals surface area contributed by atoms with Crippen molar-refractivity contribution in [3.05, 3.63) is 29.8 Å². The van der Waals surface area contributed by atoms with E-state index >= 15 is 0 Å². The normalized spacial score (nSPS) is 22.0. The lowest BCUT2D eigenvalue weighted by molar-refractivity contribution is -0.148. The molecule has 0 spiro atoms. The van der Waals surface area contributed by atoms with Gasteiger partial charge in [-0.2, -0.15) is 13.2 Å². The van der Waals surface area contributed by atoms with Crippen LogP contribution in [0.4, 0.5) is 13.2 Å². The number of carbonyl (C=O) groups excluding carboxylic acids is 2. The predicted molar refractivity (Wildman–Crippen MR) is 106 cm³/mol. The van der Waals surface area contributed by atoms with Crippen LogP contribution < -0.4 is 10.0 Å². The summed E-state index contributed by atoms with van der Waals surface area (Å²) in [6.07, 6.45) is -2.06. The number of ether oxygens (including phenoxy) is 1. The van der Waals surface area contributed by atoms with Crippen molar-refractivity contribution in [2.45, 2.75) is 56.6 Å². The Kier molecular flexibility index (Phi) is 8.47. The second-order valence-electron chi connectivity index (χ2n) is 7.78. The maximum absolute atomic E-state index is 12.7. The maximum Gasteiger partial charge on any atom is 0.416 e. The summed E-state index contributed by atoms with van der Waals surface area (Å²) in [5.41, 5.74) is -1.09. The number of hydrogen-bond acceptors (Lipinski definition) is 5. The molecule has 1 amide bonds. The van der Waals surface area contributed by atoms with Crippen molar-refractivity contribution in [3.8, 4) is 0 Å². The molecule has 0 bridgehead atoms. The van der Waals surface area contributed by atoms with Gasteiger partial charge in [0.2, 0.25) is 10.0 Å². The number of alkyl halides is 3. The highest BCUT2D eigenvalue weighted by Gasteiger charge is 2.32. The molecule has 2 rings (SSSR count). The molecule has 0 aliphatic heterocycles. The Morgan fingerprint density at radius 2 is 1.90 bits per heavy atom. The number of halogens is 3. The largest absolute Gasteiger partial charge is 0.456 e. The fourth-order valence-corrected chi connectivity index (χ4v) is 4.54. The monoisotopic (exact) mass is 464 g/mol. The van der Waals surface area contributed by atoms with Crippen molar-refractivity contribution in [3.63, 3.8) is 0 Å². The van der Waals surface area contributed by atoms with E-state index in [1.54, 1.807) is 0 Å². The number of carbonyl (C=O) groups is 2. The van der Waals surface area contributed by atoms with E-state index in [9.17, 15) is 31.2 Å². The average molecular weight is 465 g/mol. The van der Waals surface area contributed by atoms with Crippen LogP contribution >= 0.6 is 0 Å². The first-order valence-corrected chi connectivity index (χ1v) is 11.5. The molecule has 1 fully saturated rings. The molecule has 1 aliphatic rings. The Morgan fingerprint density at radius 1 is 1.19 bits per heavy atom. The minimum atomic E-state index is -4.68. The highest BCUT2D eigenvalue weighted by molar-refractivity contribution is 7.89. The van der Waals surface area contributed by atoms with E-state index < -0.39 is 45.1 Å². The van der Waals surface area contributed by atoms with Gasteiger partial charge in [-0.05, 0) is 36.5 Å². The van der Waals surface area contributed by atoms with Crippen molar-refractivity contribution in [1.82, 2.24) is 10.0 Å². The van der Waals surface area contributed by atoms with Gasteiger partial charge in [0.15, 0.2) is 6.61 Å². The van der Waals surface area contributed by atoms with Crippen LogP contribution in [0.5, 0.6) is 0 Å². The standard InChI is InChI=1S/C20H27F3N2O5S/c1-13-5-3-8-17(14(13)2)25-18(26)12-30-19(27)9-10-24-31(28,29)16-7-4-6-15(11-16)20(21,22)23/h4,6-7,11,13-14,17,24H,3,5,8-10,12H2,1-2H3,(H,25,26)/t13-,14+,17+/m1/s1. The SMILES string of the molecule is C[C@H]1[C@H](C)CCC[C@@H]1NC(=O)COC(=O)CCNS(=O)(=O)c1cccc(C(F)(F)F)c1. The number of benzene rings is 1. The third-order valence-corrected chi connectivity index (χ3v) is 6.97. The van der Waals surface area contributed by atoms with Crippen LogP contribution in [0.1, 0.15) is 45.1 Å². The molecule has 1 saturated carbocycles. The summed E-state index contributed by atoms with van der Waals surface area (Å²) in [6, 6.07) is 3.30. The van der Waals surface area contributed by atoms with Crippen molar-refractivity contribution in [1.29, 1.82) is 0 Å². The molecular weight excluding hydrogens is 437 g/mol. The quantitative estimate of drug-likeness (QED) is 0.576. The zero-order chi connectivity index (χ0) is 23.2. The summed E-state index contributed by atoms with van der Waals surface area (Å²) in [4.78, 5) is 23.2. The molecule has 0 radical (unpaired) electrons. The van der Waals surface area contributed by atoms with Crippen LogP contribution in [0.25, 0.3) is 0 Å². The van der Waals surface area contributed by atoms with Crippen LogP contribution in [0.2, 0.25) is 0 Å². The summed E-state index contributed by atoms with van der Waals surface area (Å²) < 4.78 is 69.4. The first-order chi connectivity index (χ1) is 14.4. The minimum absolute atomic E-state index is 0.0224. The number of nitrogens with one attached hydrogen (secondary N) is 2. The Balaban J connectivity index is 1.77. The van der Waals surface area contributed by atoms with Gasteiger partial charge in [0, 0.05) is 12.6 Å². The molecule has 0 saturated heterocycles. The highest BCUT2D eigenvalue weighted by Crippen LogP contribution is 2.30. The molecule has 2 N–H and O–H groups in total. The van der Waals surface area contributed by atoms with Gasteiger partial charge >= 0.3 is 12.1 Å². The molecule has 0 unspecified atom stereocenters. The highest BCUT2D eigenvalue weighted by atomic mass is 32.2. The van der Waals surface area contributed by atoms with Gasteiger partial charge < -0.3 is 10.1 Å². The van der Waals surface area contributed by atoms with Gasteiger partial charge in [0.25, 0.3) is 5.91 Å². The van der Waals surface area contributed by atoms with Crippen LogP contribution in [0.3, 0.4) is 0 Å². The summed E-state index contributed by atoms with van der Waals surface area (Å²) in [5.74, 6) is -0.416. The van der Waals surface area contributed by atoms with E-state index in [-0.39, 0.29) is 19.0 Å². The molecule has 1 aliphatic carbocycles. The van der Waals surface area contributed by atoms with Crippen LogP contribution in [-0.2, 0) is 30.5 Å². The van der Waals surface area contributed by atoms with E-state index in [2.05, 4.69) is 23.9 Å². The lowest BCUT2D eigenvalue weighted by atomic mass is 9.78. The molecule has 0 heterocycles. The van der Waals surface area contributed by atoms with Crippen molar-refractivity contribution in [2.24, 2.45) is 11.8 Å². The van der Waals surface area contributed by atoms with Crippen LogP contribution in [-0.4, -0.2) is 39.5 Å². The lowest BCUT2D eigenvalue weighted by Gasteiger charge is -2.34. The molecule has 1 aromatic carbocycles. The Labute approximate surface area is 179 Å². The molecule has 31 heavy (non-hydrogen) atoms. The van der Waals surface area contributed by atoms with E-state index in [1.165, 1.54) is 0 Å². The lowest BCUT2D eigenvalue weighted by Crippen LogP contribution is -2.45. The Bertz CT molecular complexity index is 889. The first kappa shape index (κ1) is 25.1. The Morgan fingerprint density at radius 3 is 2.58 bits per heavy atom. The third-order valence-electron chi connectivity index (χ3n) is 5.51. The first-order valence-electron chi connectivity index (χ1n) is 10.0. The molecule has 174 valence electrons. The van der Waals surface area contributed by atoms with E-state index in [4.69, 9.17) is 4.74 Å². The summed E-state index contributed by atoms with van der Waals surface area (Å²) in [7, 11) is -4.24. The van der Waals surface area contributed by atoms with Gasteiger partial charge in [-0.3, -0.25) is 9.59 Å². The van der Waals surface area contributed by atoms with Gasteiger partial charge in [0.1, 0.15) is 0 Å². The number of rotatable bonds is 8. The summed E-state index contributed by atoms with van der Waals surface area (Å²) in [5, 5.41) is 2.85. The number of hydrogen-bond donors (Lipinski definition) is 2. The predicted octanol–water partition coefficient (Wildman–Crippen LogP) is 2.86. The molecule has 3 atom stereocenters. The summed E-state index contributed by atoms with van der Waals surface area (Å²) >= 11 is 0. The second-order valence-corrected chi connectivity index (χ2v) is 9.54. The second kappa shape index (κ2) is 10.4. The van der Waals surface area contributed by atoms with Gasteiger partial charge in [-0.25, -0.2) is 13.1 Å².